The second kappa shape index (κ2) is 10.1. The fourth-order valence-corrected chi connectivity index (χ4v) is 4.27. The van der Waals surface area contributed by atoms with E-state index in [2.05, 4.69) is 4.90 Å². The first-order valence-electron chi connectivity index (χ1n) is 9.80. The number of para-hydroxylation sites is 1. The normalized spacial score (nSPS) is 11.8. The van der Waals surface area contributed by atoms with Gasteiger partial charge in [-0.2, -0.15) is 0 Å². The van der Waals surface area contributed by atoms with Crippen molar-refractivity contribution >= 4 is 28.6 Å². The number of benzene rings is 1. The van der Waals surface area contributed by atoms with E-state index in [0.717, 1.165) is 13.0 Å². The second-order valence-corrected chi connectivity index (χ2v) is 8.74. The van der Waals surface area contributed by atoms with Crippen molar-refractivity contribution in [1.82, 2.24) is 19.4 Å². The molecule has 0 saturated heterocycles. The first-order chi connectivity index (χ1) is 13.2. The minimum atomic E-state index is -0.0381. The number of nitrogens with zero attached hydrogens (tertiary/aromatic N) is 4. The SMILES string of the molecule is CC(C)N(C(=O)CSc1nc2ccccc2c(=O)n1CCCN(C)C)C(C)C. The van der Waals surface area contributed by atoms with Crippen LogP contribution in [0.15, 0.2) is 34.2 Å². The average molecular weight is 405 g/mol. The van der Waals surface area contributed by atoms with E-state index in [0.29, 0.717) is 22.6 Å². The highest BCUT2D eigenvalue weighted by molar-refractivity contribution is 7.99. The van der Waals surface area contributed by atoms with Gasteiger partial charge in [0.25, 0.3) is 5.56 Å². The van der Waals surface area contributed by atoms with Gasteiger partial charge in [-0.15, -0.1) is 0 Å². The van der Waals surface area contributed by atoms with Crippen molar-refractivity contribution in [2.45, 2.75) is 57.9 Å². The number of carbonyl (C=O) groups excluding carboxylic acids is 1. The summed E-state index contributed by atoms with van der Waals surface area (Å²) in [5.74, 6) is 0.340. The van der Waals surface area contributed by atoms with Gasteiger partial charge >= 0.3 is 0 Å². The number of hydrogen-bond donors (Lipinski definition) is 0. The minimum absolute atomic E-state index is 0.0381. The smallest absolute Gasteiger partial charge is 0.262 e. The van der Waals surface area contributed by atoms with Gasteiger partial charge in [0.05, 0.1) is 16.7 Å². The van der Waals surface area contributed by atoms with Crippen LogP contribution in [0.5, 0.6) is 0 Å². The maximum absolute atomic E-state index is 13.0. The molecule has 0 aliphatic heterocycles. The molecule has 0 N–H and O–H groups in total. The summed E-state index contributed by atoms with van der Waals surface area (Å²) in [7, 11) is 4.03. The van der Waals surface area contributed by atoms with Gasteiger partial charge in [0, 0.05) is 18.6 Å². The summed E-state index contributed by atoms with van der Waals surface area (Å²) in [6, 6.07) is 7.67. The Kier molecular flexibility index (Phi) is 8.07. The van der Waals surface area contributed by atoms with Crippen LogP contribution < -0.4 is 5.56 Å². The Hall–Kier alpha value is -1.86. The minimum Gasteiger partial charge on any atom is -0.337 e. The Bertz CT molecular complexity index is 853. The van der Waals surface area contributed by atoms with Crippen LogP contribution in [0.2, 0.25) is 0 Å². The number of carbonyl (C=O) groups is 1. The number of aromatic nitrogens is 2. The molecule has 1 heterocycles. The summed E-state index contributed by atoms with van der Waals surface area (Å²) < 4.78 is 1.72. The number of hydrogen-bond acceptors (Lipinski definition) is 5. The molecule has 2 rings (SSSR count). The standard InChI is InChI=1S/C21H32N4O2S/c1-15(2)25(16(3)4)19(26)14-28-21-22-18-11-8-7-10-17(18)20(27)24(21)13-9-12-23(5)6/h7-8,10-11,15-16H,9,12-14H2,1-6H3. The van der Waals surface area contributed by atoms with Crippen molar-refractivity contribution in [3.63, 3.8) is 0 Å². The first kappa shape index (κ1) is 22.4. The zero-order valence-electron chi connectivity index (χ0n) is 17.8. The van der Waals surface area contributed by atoms with Crippen molar-refractivity contribution in [2.24, 2.45) is 0 Å². The zero-order valence-corrected chi connectivity index (χ0v) is 18.6. The molecule has 0 fully saturated rings. The van der Waals surface area contributed by atoms with E-state index in [1.165, 1.54) is 11.8 Å². The van der Waals surface area contributed by atoms with Crippen molar-refractivity contribution in [3.8, 4) is 0 Å². The van der Waals surface area contributed by atoms with Crippen molar-refractivity contribution in [3.05, 3.63) is 34.6 Å². The Labute approximate surface area is 171 Å². The third-order valence-electron chi connectivity index (χ3n) is 4.54. The maximum Gasteiger partial charge on any atom is 0.262 e. The molecular formula is C21H32N4O2S. The highest BCUT2D eigenvalue weighted by Gasteiger charge is 2.21. The Morgan fingerprint density at radius 2 is 1.79 bits per heavy atom. The van der Waals surface area contributed by atoms with Crippen LogP contribution in [0.25, 0.3) is 10.9 Å². The third kappa shape index (κ3) is 5.58. The maximum atomic E-state index is 13.0. The molecule has 0 spiro atoms. The summed E-state index contributed by atoms with van der Waals surface area (Å²) in [6.45, 7) is 9.56. The molecule has 0 aliphatic rings. The van der Waals surface area contributed by atoms with Gasteiger partial charge in [0.1, 0.15) is 0 Å². The number of rotatable bonds is 9. The van der Waals surface area contributed by atoms with Crippen LogP contribution in [0.4, 0.5) is 0 Å². The lowest BCUT2D eigenvalue weighted by Gasteiger charge is -2.30. The number of fused-ring (bicyclic) bond motifs is 1. The predicted octanol–water partition coefficient (Wildman–Crippen LogP) is 3.09. The Balaban J connectivity index is 2.30. The van der Waals surface area contributed by atoms with Gasteiger partial charge in [0.15, 0.2) is 5.16 Å². The van der Waals surface area contributed by atoms with Crippen molar-refractivity contribution in [1.29, 1.82) is 0 Å². The van der Waals surface area contributed by atoms with E-state index in [1.807, 2.05) is 71.0 Å². The lowest BCUT2D eigenvalue weighted by Crippen LogP contribution is -2.43. The molecule has 0 saturated carbocycles. The average Bonchev–Trinajstić information content (AvgIpc) is 2.61. The number of thioether (sulfide) groups is 1. The molecule has 0 atom stereocenters. The van der Waals surface area contributed by atoms with Gasteiger partial charge in [-0.05, 0) is 66.9 Å². The van der Waals surface area contributed by atoms with E-state index in [9.17, 15) is 9.59 Å². The molecule has 0 aliphatic carbocycles. The van der Waals surface area contributed by atoms with Crippen LogP contribution in [0.3, 0.4) is 0 Å². The van der Waals surface area contributed by atoms with Gasteiger partial charge in [-0.3, -0.25) is 14.2 Å². The molecule has 154 valence electrons. The second-order valence-electron chi connectivity index (χ2n) is 7.80. The molecule has 0 unspecified atom stereocenters. The highest BCUT2D eigenvalue weighted by atomic mass is 32.2. The molecule has 7 heteroatoms. The molecule has 28 heavy (non-hydrogen) atoms. The summed E-state index contributed by atoms with van der Waals surface area (Å²) in [6.07, 6.45) is 0.846. The third-order valence-corrected chi connectivity index (χ3v) is 5.50. The topological polar surface area (TPSA) is 58.4 Å². The monoisotopic (exact) mass is 404 g/mol. The molecule has 1 aromatic carbocycles. The van der Waals surface area contributed by atoms with E-state index >= 15 is 0 Å². The molecular weight excluding hydrogens is 372 g/mol. The Morgan fingerprint density at radius 3 is 2.39 bits per heavy atom. The summed E-state index contributed by atoms with van der Waals surface area (Å²) >= 11 is 1.35. The van der Waals surface area contributed by atoms with Crippen LogP contribution >= 0.6 is 11.8 Å². The molecule has 2 aromatic rings. The quantitative estimate of drug-likeness (QED) is 0.475. The van der Waals surface area contributed by atoms with Crippen LogP contribution in [0.1, 0.15) is 34.1 Å². The van der Waals surface area contributed by atoms with Crippen molar-refractivity contribution < 1.29 is 4.79 Å². The lowest BCUT2D eigenvalue weighted by molar-refractivity contribution is -0.131. The number of amides is 1. The summed E-state index contributed by atoms with van der Waals surface area (Å²) in [5.41, 5.74) is 0.639. The van der Waals surface area contributed by atoms with Gasteiger partial charge in [0.2, 0.25) is 5.91 Å². The fraction of sp³-hybridized carbons (Fsp3) is 0.571. The largest absolute Gasteiger partial charge is 0.337 e. The lowest BCUT2D eigenvalue weighted by atomic mass is 10.2. The molecule has 0 radical (unpaired) electrons. The van der Waals surface area contributed by atoms with Crippen LogP contribution in [-0.2, 0) is 11.3 Å². The van der Waals surface area contributed by atoms with E-state index in [-0.39, 0.29) is 29.3 Å². The molecule has 1 aromatic heterocycles. The first-order valence-corrected chi connectivity index (χ1v) is 10.8. The van der Waals surface area contributed by atoms with E-state index in [1.54, 1.807) is 4.57 Å². The molecule has 6 nitrogen and oxygen atoms in total. The zero-order chi connectivity index (χ0) is 20.8. The van der Waals surface area contributed by atoms with E-state index < -0.39 is 0 Å². The molecule has 1 amide bonds. The van der Waals surface area contributed by atoms with Crippen LogP contribution in [-0.4, -0.2) is 63.7 Å². The van der Waals surface area contributed by atoms with Gasteiger partial charge < -0.3 is 9.80 Å². The van der Waals surface area contributed by atoms with Gasteiger partial charge in [-0.1, -0.05) is 23.9 Å². The Morgan fingerprint density at radius 1 is 1.14 bits per heavy atom. The van der Waals surface area contributed by atoms with E-state index in [4.69, 9.17) is 4.98 Å². The summed E-state index contributed by atoms with van der Waals surface area (Å²) in [5, 5.41) is 1.23. The van der Waals surface area contributed by atoms with Crippen LogP contribution in [0, 0.1) is 0 Å². The van der Waals surface area contributed by atoms with Crippen molar-refractivity contribution in [2.75, 3.05) is 26.4 Å². The summed E-state index contributed by atoms with van der Waals surface area (Å²) in [4.78, 5) is 34.4. The fourth-order valence-electron chi connectivity index (χ4n) is 3.37. The molecule has 0 bridgehead atoms. The predicted molar refractivity (Wildman–Crippen MR) is 117 cm³/mol. The van der Waals surface area contributed by atoms with Gasteiger partial charge in [-0.25, -0.2) is 4.98 Å². The highest BCUT2D eigenvalue weighted by Crippen LogP contribution is 2.20.